The Labute approximate surface area is 151 Å². The number of hydrogen-bond acceptors (Lipinski definition) is 7. The first-order valence-corrected chi connectivity index (χ1v) is 8.70. The molecule has 0 aliphatic carbocycles. The van der Waals surface area contributed by atoms with Crippen molar-refractivity contribution in [3.05, 3.63) is 36.4 Å². The number of nitrogens with two attached hydrogens (primary N) is 1. The van der Waals surface area contributed by atoms with E-state index in [1.807, 2.05) is 36.4 Å². The van der Waals surface area contributed by atoms with Gasteiger partial charge in [-0.1, -0.05) is 6.07 Å². The number of anilines is 1. The van der Waals surface area contributed by atoms with Gasteiger partial charge in [-0.15, -0.1) is 0 Å². The van der Waals surface area contributed by atoms with Crippen LogP contribution in [0.3, 0.4) is 0 Å². The molecule has 2 aromatic rings. The summed E-state index contributed by atoms with van der Waals surface area (Å²) in [4.78, 5) is 0. The topological polar surface area (TPSA) is 84.2 Å². The summed E-state index contributed by atoms with van der Waals surface area (Å²) in [6, 6.07) is 11.1. The first-order chi connectivity index (χ1) is 12.8. The summed E-state index contributed by atoms with van der Waals surface area (Å²) >= 11 is 0. The van der Waals surface area contributed by atoms with Crippen LogP contribution in [-0.4, -0.2) is 39.2 Å². The van der Waals surface area contributed by atoms with Gasteiger partial charge in [0.2, 0.25) is 6.79 Å². The van der Waals surface area contributed by atoms with Crippen molar-refractivity contribution in [1.29, 1.82) is 0 Å². The van der Waals surface area contributed by atoms with Crippen molar-refractivity contribution in [2.75, 3.05) is 38.8 Å². The van der Waals surface area contributed by atoms with E-state index >= 15 is 0 Å². The minimum Gasteiger partial charge on any atom is -0.493 e. The van der Waals surface area contributed by atoms with E-state index in [4.69, 9.17) is 29.4 Å². The Morgan fingerprint density at radius 1 is 1.04 bits per heavy atom. The summed E-state index contributed by atoms with van der Waals surface area (Å²) in [5.41, 5.74) is 6.43. The third-order valence-corrected chi connectivity index (χ3v) is 4.15. The zero-order valence-corrected chi connectivity index (χ0v) is 14.4. The lowest BCUT2D eigenvalue weighted by Crippen LogP contribution is -2.39. The van der Waals surface area contributed by atoms with Crippen LogP contribution in [-0.2, 0) is 0 Å². The fourth-order valence-electron chi connectivity index (χ4n) is 2.86. The molecule has 4 rings (SSSR count). The van der Waals surface area contributed by atoms with E-state index in [0.717, 1.165) is 18.7 Å². The first-order valence-electron chi connectivity index (χ1n) is 8.70. The van der Waals surface area contributed by atoms with Gasteiger partial charge in [0, 0.05) is 30.4 Å². The zero-order chi connectivity index (χ0) is 17.8. The lowest BCUT2D eigenvalue weighted by molar-refractivity contribution is 0.0899. The molecular weight excluding hydrogens is 336 g/mol. The van der Waals surface area contributed by atoms with E-state index in [0.29, 0.717) is 48.4 Å². The first kappa shape index (κ1) is 16.7. The van der Waals surface area contributed by atoms with Crippen LogP contribution in [0.1, 0.15) is 6.42 Å². The van der Waals surface area contributed by atoms with E-state index in [1.54, 1.807) is 0 Å². The summed E-state index contributed by atoms with van der Waals surface area (Å²) < 4.78 is 28.1. The number of ether oxygens (including phenoxy) is 5. The molecule has 2 aliphatic heterocycles. The fourth-order valence-corrected chi connectivity index (χ4v) is 2.86. The molecule has 1 atom stereocenters. The van der Waals surface area contributed by atoms with E-state index in [-0.39, 0.29) is 12.9 Å². The molecule has 0 spiro atoms. The average molecular weight is 358 g/mol. The highest BCUT2D eigenvalue weighted by molar-refractivity contribution is 5.55. The van der Waals surface area contributed by atoms with Crippen LogP contribution in [0.4, 0.5) is 5.69 Å². The van der Waals surface area contributed by atoms with E-state index < -0.39 is 0 Å². The Morgan fingerprint density at radius 2 is 1.85 bits per heavy atom. The van der Waals surface area contributed by atoms with Gasteiger partial charge in [-0.2, -0.15) is 0 Å². The molecule has 0 saturated heterocycles. The van der Waals surface area contributed by atoms with Crippen molar-refractivity contribution in [3.8, 4) is 28.7 Å². The third-order valence-electron chi connectivity index (χ3n) is 4.15. The second kappa shape index (κ2) is 7.61. The Balaban J connectivity index is 1.17. The van der Waals surface area contributed by atoms with Crippen LogP contribution in [0.5, 0.6) is 28.7 Å². The molecule has 26 heavy (non-hydrogen) atoms. The molecule has 0 unspecified atom stereocenters. The number of fused-ring (bicyclic) bond motifs is 2. The molecule has 0 saturated carbocycles. The van der Waals surface area contributed by atoms with Gasteiger partial charge < -0.3 is 34.7 Å². The molecule has 7 nitrogen and oxygen atoms in total. The SMILES string of the molecule is Nc1cccc(OCCCNC[C@H]2COc3cc4c(cc3O2)OCO4)c1. The van der Waals surface area contributed by atoms with Crippen molar-refractivity contribution < 1.29 is 23.7 Å². The van der Waals surface area contributed by atoms with Crippen molar-refractivity contribution in [3.63, 3.8) is 0 Å². The Morgan fingerprint density at radius 3 is 2.69 bits per heavy atom. The molecule has 0 radical (unpaired) electrons. The number of hydrogen-bond donors (Lipinski definition) is 2. The van der Waals surface area contributed by atoms with E-state index in [1.165, 1.54) is 0 Å². The molecule has 2 aromatic carbocycles. The largest absolute Gasteiger partial charge is 0.493 e. The second-order valence-corrected chi connectivity index (χ2v) is 6.18. The molecule has 3 N–H and O–H groups in total. The predicted octanol–water partition coefficient (Wildman–Crippen LogP) is 2.20. The summed E-state index contributed by atoms with van der Waals surface area (Å²) in [6.07, 6.45) is 0.843. The minimum absolute atomic E-state index is 0.0438. The second-order valence-electron chi connectivity index (χ2n) is 6.18. The van der Waals surface area contributed by atoms with Gasteiger partial charge in [0.1, 0.15) is 18.5 Å². The maximum atomic E-state index is 5.98. The zero-order valence-electron chi connectivity index (χ0n) is 14.4. The van der Waals surface area contributed by atoms with Gasteiger partial charge >= 0.3 is 0 Å². The van der Waals surface area contributed by atoms with Gasteiger partial charge in [-0.05, 0) is 25.1 Å². The maximum absolute atomic E-state index is 5.98. The fraction of sp³-hybridized carbons (Fsp3) is 0.368. The molecule has 0 bridgehead atoms. The summed E-state index contributed by atoms with van der Waals surface area (Å²) in [7, 11) is 0. The Hall–Kier alpha value is -2.80. The number of rotatable bonds is 7. The van der Waals surface area contributed by atoms with Crippen LogP contribution in [0.2, 0.25) is 0 Å². The van der Waals surface area contributed by atoms with Crippen LogP contribution in [0.15, 0.2) is 36.4 Å². The molecule has 2 aliphatic rings. The normalized spacial score (nSPS) is 17.2. The monoisotopic (exact) mass is 358 g/mol. The summed E-state index contributed by atoms with van der Waals surface area (Å²) in [5.74, 6) is 3.58. The molecule has 0 fully saturated rings. The van der Waals surface area contributed by atoms with Crippen molar-refractivity contribution in [2.24, 2.45) is 0 Å². The van der Waals surface area contributed by atoms with Crippen molar-refractivity contribution >= 4 is 5.69 Å². The smallest absolute Gasteiger partial charge is 0.231 e. The molecule has 0 amide bonds. The van der Waals surface area contributed by atoms with Gasteiger partial charge in [-0.3, -0.25) is 0 Å². The van der Waals surface area contributed by atoms with Crippen LogP contribution >= 0.6 is 0 Å². The van der Waals surface area contributed by atoms with Crippen LogP contribution in [0.25, 0.3) is 0 Å². The third kappa shape index (κ3) is 3.88. The molecular formula is C19H22N2O5. The van der Waals surface area contributed by atoms with E-state index in [9.17, 15) is 0 Å². The number of nitrogens with one attached hydrogen (secondary N) is 1. The summed E-state index contributed by atoms with van der Waals surface area (Å²) in [6.45, 7) is 2.90. The summed E-state index contributed by atoms with van der Waals surface area (Å²) in [5, 5.41) is 3.37. The van der Waals surface area contributed by atoms with E-state index in [2.05, 4.69) is 5.32 Å². The highest BCUT2D eigenvalue weighted by Gasteiger charge is 2.25. The minimum atomic E-state index is -0.0438. The highest BCUT2D eigenvalue weighted by atomic mass is 16.7. The van der Waals surface area contributed by atoms with Crippen molar-refractivity contribution in [1.82, 2.24) is 5.32 Å². The molecule has 0 aromatic heterocycles. The lowest BCUT2D eigenvalue weighted by atomic mass is 10.2. The Bertz CT molecular complexity index is 768. The quantitative estimate of drug-likeness (QED) is 0.580. The standard InChI is InChI=1S/C19H22N2O5/c20-13-3-1-4-14(7-13)22-6-2-5-21-10-15-11-23-18-8-16-17(25-12-24-16)9-19(18)26-15/h1,3-4,7-9,15,21H,2,5-6,10-12,20H2/t15-/m0/s1. The predicted molar refractivity (Wildman–Crippen MR) is 96.3 cm³/mol. The Kier molecular flexibility index (Phi) is 4.88. The molecule has 2 heterocycles. The van der Waals surface area contributed by atoms with Gasteiger partial charge in [0.15, 0.2) is 23.0 Å². The lowest BCUT2D eigenvalue weighted by Gasteiger charge is -2.27. The van der Waals surface area contributed by atoms with Gasteiger partial charge in [0.25, 0.3) is 0 Å². The number of benzene rings is 2. The van der Waals surface area contributed by atoms with Gasteiger partial charge in [-0.25, -0.2) is 0 Å². The van der Waals surface area contributed by atoms with Crippen LogP contribution in [0, 0.1) is 0 Å². The average Bonchev–Trinajstić information content (AvgIpc) is 3.10. The van der Waals surface area contributed by atoms with Gasteiger partial charge in [0.05, 0.1) is 6.61 Å². The molecule has 138 valence electrons. The van der Waals surface area contributed by atoms with Crippen LogP contribution < -0.4 is 34.7 Å². The van der Waals surface area contributed by atoms with Crippen molar-refractivity contribution in [2.45, 2.75) is 12.5 Å². The molecule has 7 heteroatoms. The maximum Gasteiger partial charge on any atom is 0.231 e. The number of nitrogen functional groups attached to an aromatic ring is 1. The highest BCUT2D eigenvalue weighted by Crippen LogP contribution is 2.43.